The fraction of sp³-hybridized carbons (Fsp3) is 0.235. The molecule has 0 aliphatic carbocycles. The Morgan fingerprint density at radius 1 is 1.05 bits per heavy atom. The van der Waals surface area contributed by atoms with Crippen LogP contribution in [-0.4, -0.2) is 20.2 Å². The van der Waals surface area contributed by atoms with E-state index in [0.717, 1.165) is 26.6 Å². The largest absolute Gasteiger partial charge is 0.504 e. The molecule has 0 bridgehead atoms. The van der Waals surface area contributed by atoms with Crippen LogP contribution < -0.4 is 0 Å². The van der Waals surface area contributed by atoms with Crippen LogP contribution in [0.15, 0.2) is 46.5 Å². The van der Waals surface area contributed by atoms with Gasteiger partial charge < -0.3 is 15.2 Å². The number of aromatic nitrogens is 2. The molecule has 5 heteroatoms. The zero-order chi connectivity index (χ0) is 15.9. The fourth-order valence-corrected chi connectivity index (χ4v) is 3.47. The third-order valence-electron chi connectivity index (χ3n) is 3.46. The summed E-state index contributed by atoms with van der Waals surface area (Å²) in [4.78, 5) is 8.69. The van der Waals surface area contributed by atoms with E-state index < -0.39 is 0 Å². The maximum absolute atomic E-state index is 9.81. The van der Waals surface area contributed by atoms with Gasteiger partial charge in [0.2, 0.25) is 0 Å². The maximum atomic E-state index is 9.81. The second-order valence-electron chi connectivity index (χ2n) is 6.25. The van der Waals surface area contributed by atoms with Crippen LogP contribution in [-0.2, 0) is 5.41 Å². The quantitative estimate of drug-likeness (QED) is 0.612. The van der Waals surface area contributed by atoms with Gasteiger partial charge in [0.1, 0.15) is 0 Å². The van der Waals surface area contributed by atoms with Crippen LogP contribution in [0.4, 0.5) is 0 Å². The number of aromatic hydroxyl groups is 2. The highest BCUT2D eigenvalue weighted by molar-refractivity contribution is 7.99. The van der Waals surface area contributed by atoms with E-state index in [0.29, 0.717) is 0 Å². The molecule has 0 atom stereocenters. The average Bonchev–Trinajstić information content (AvgIpc) is 2.83. The summed E-state index contributed by atoms with van der Waals surface area (Å²) in [5, 5.41) is 20.4. The first-order valence-electron chi connectivity index (χ1n) is 7.03. The minimum Gasteiger partial charge on any atom is -0.504 e. The van der Waals surface area contributed by atoms with Gasteiger partial charge in [-0.2, -0.15) is 0 Å². The zero-order valence-corrected chi connectivity index (χ0v) is 13.5. The lowest BCUT2D eigenvalue weighted by Crippen LogP contribution is -2.12. The molecule has 1 aromatic heterocycles. The Hall–Kier alpha value is -2.14. The van der Waals surface area contributed by atoms with E-state index in [9.17, 15) is 10.2 Å². The molecule has 3 rings (SSSR count). The molecule has 3 N–H and O–H groups in total. The van der Waals surface area contributed by atoms with Crippen molar-refractivity contribution in [1.29, 1.82) is 0 Å². The molecule has 0 spiro atoms. The summed E-state index contributed by atoms with van der Waals surface area (Å²) < 4.78 is 0. The predicted molar refractivity (Wildman–Crippen MR) is 88.7 cm³/mol. The summed E-state index contributed by atoms with van der Waals surface area (Å²) in [6, 6.07) is 11.1. The first-order valence-corrected chi connectivity index (χ1v) is 7.85. The highest BCUT2D eigenvalue weighted by Crippen LogP contribution is 2.41. The molecule has 3 aromatic rings. The Kier molecular flexibility index (Phi) is 3.53. The number of hydrogen-bond donors (Lipinski definition) is 3. The number of H-pyrrole nitrogens is 1. The Balaban J connectivity index is 2.05. The van der Waals surface area contributed by atoms with Crippen molar-refractivity contribution in [3.8, 4) is 11.5 Å². The van der Waals surface area contributed by atoms with Gasteiger partial charge in [-0.05, 0) is 35.2 Å². The minimum atomic E-state index is -0.153. The van der Waals surface area contributed by atoms with Crippen molar-refractivity contribution in [1.82, 2.24) is 9.97 Å². The third kappa shape index (κ3) is 2.76. The van der Waals surface area contributed by atoms with E-state index in [1.54, 1.807) is 12.1 Å². The number of imidazole rings is 1. The van der Waals surface area contributed by atoms with Crippen LogP contribution in [0.3, 0.4) is 0 Å². The lowest BCUT2D eigenvalue weighted by molar-refractivity contribution is 0.399. The van der Waals surface area contributed by atoms with Crippen molar-refractivity contribution in [2.24, 2.45) is 0 Å². The number of para-hydroxylation sites is 2. The number of hydrogen-bond acceptors (Lipinski definition) is 4. The monoisotopic (exact) mass is 314 g/mol. The summed E-state index contributed by atoms with van der Waals surface area (Å²) in [5.41, 5.74) is 2.70. The Morgan fingerprint density at radius 3 is 2.41 bits per heavy atom. The lowest BCUT2D eigenvalue weighted by atomic mass is 9.87. The first-order chi connectivity index (χ1) is 10.3. The van der Waals surface area contributed by atoms with Gasteiger partial charge in [-0.3, -0.25) is 0 Å². The Morgan fingerprint density at radius 2 is 1.73 bits per heavy atom. The molecule has 0 radical (unpaired) electrons. The van der Waals surface area contributed by atoms with Gasteiger partial charge >= 0.3 is 0 Å². The number of rotatable bonds is 2. The number of phenols is 2. The molecule has 0 aliphatic rings. The van der Waals surface area contributed by atoms with Gasteiger partial charge in [0.15, 0.2) is 16.7 Å². The molecule has 0 unspecified atom stereocenters. The van der Waals surface area contributed by atoms with Crippen LogP contribution in [0.2, 0.25) is 0 Å². The highest BCUT2D eigenvalue weighted by atomic mass is 32.2. The first kappa shape index (κ1) is 14.8. The van der Waals surface area contributed by atoms with Crippen molar-refractivity contribution < 1.29 is 10.2 Å². The van der Waals surface area contributed by atoms with E-state index >= 15 is 0 Å². The van der Waals surface area contributed by atoms with Gasteiger partial charge in [0.05, 0.1) is 11.0 Å². The Bertz CT molecular complexity index is 801. The fourth-order valence-electron chi connectivity index (χ4n) is 2.31. The number of fused-ring (bicyclic) bond motifs is 1. The molecular formula is C17H18N2O2S. The number of nitrogens with zero attached hydrogens (tertiary/aromatic N) is 1. The summed E-state index contributed by atoms with van der Waals surface area (Å²) in [5.74, 6) is -0.217. The SMILES string of the molecule is CC(C)(C)c1cc(O)c(O)cc1Sc1nc2ccccc2[nH]1. The second-order valence-corrected chi connectivity index (χ2v) is 7.28. The van der Waals surface area contributed by atoms with Gasteiger partial charge in [-0.1, -0.05) is 44.7 Å². The Labute approximate surface area is 133 Å². The number of nitrogens with one attached hydrogen (secondary N) is 1. The van der Waals surface area contributed by atoms with E-state index in [-0.39, 0.29) is 16.9 Å². The van der Waals surface area contributed by atoms with Crippen molar-refractivity contribution in [3.05, 3.63) is 42.0 Å². The van der Waals surface area contributed by atoms with Crippen LogP contribution in [0, 0.1) is 0 Å². The van der Waals surface area contributed by atoms with E-state index in [1.165, 1.54) is 11.8 Å². The summed E-state index contributed by atoms with van der Waals surface area (Å²) >= 11 is 1.45. The zero-order valence-electron chi connectivity index (χ0n) is 12.7. The van der Waals surface area contributed by atoms with E-state index in [1.807, 2.05) is 24.3 Å². The summed E-state index contributed by atoms with van der Waals surface area (Å²) in [6.07, 6.45) is 0. The third-order valence-corrected chi connectivity index (χ3v) is 4.40. The summed E-state index contributed by atoms with van der Waals surface area (Å²) in [7, 11) is 0. The van der Waals surface area contributed by atoms with Gasteiger partial charge in [0, 0.05) is 4.90 Å². The van der Waals surface area contributed by atoms with Gasteiger partial charge in [-0.25, -0.2) is 4.98 Å². The van der Waals surface area contributed by atoms with Crippen LogP contribution in [0.25, 0.3) is 11.0 Å². The van der Waals surface area contributed by atoms with Crippen LogP contribution in [0.5, 0.6) is 11.5 Å². The predicted octanol–water partition coefficient (Wildman–Crippen LogP) is 4.42. The average molecular weight is 314 g/mol. The van der Waals surface area contributed by atoms with Crippen molar-refractivity contribution >= 4 is 22.8 Å². The molecule has 2 aromatic carbocycles. The lowest BCUT2D eigenvalue weighted by Gasteiger charge is -2.22. The summed E-state index contributed by atoms with van der Waals surface area (Å²) in [6.45, 7) is 6.21. The van der Waals surface area contributed by atoms with E-state index in [2.05, 4.69) is 30.7 Å². The molecule has 0 amide bonds. The van der Waals surface area contributed by atoms with Gasteiger partial charge in [0.25, 0.3) is 0 Å². The molecular weight excluding hydrogens is 296 g/mol. The number of phenolic OH excluding ortho intramolecular Hbond substituents is 2. The highest BCUT2D eigenvalue weighted by Gasteiger charge is 2.22. The van der Waals surface area contributed by atoms with Crippen molar-refractivity contribution in [2.45, 2.75) is 36.2 Å². The molecule has 0 fully saturated rings. The number of benzene rings is 2. The molecule has 4 nitrogen and oxygen atoms in total. The normalized spacial score (nSPS) is 12.0. The van der Waals surface area contributed by atoms with E-state index in [4.69, 9.17) is 0 Å². The topological polar surface area (TPSA) is 69.1 Å². The van der Waals surface area contributed by atoms with Crippen LogP contribution in [0.1, 0.15) is 26.3 Å². The maximum Gasteiger partial charge on any atom is 0.171 e. The molecule has 0 aliphatic heterocycles. The second kappa shape index (κ2) is 5.25. The van der Waals surface area contributed by atoms with Crippen LogP contribution >= 0.6 is 11.8 Å². The molecule has 0 saturated heterocycles. The number of aromatic amines is 1. The molecule has 1 heterocycles. The molecule has 22 heavy (non-hydrogen) atoms. The minimum absolute atomic E-state index is 0.0983. The van der Waals surface area contributed by atoms with Gasteiger partial charge in [-0.15, -0.1) is 0 Å². The van der Waals surface area contributed by atoms with Crippen molar-refractivity contribution in [3.63, 3.8) is 0 Å². The molecule has 0 saturated carbocycles. The van der Waals surface area contributed by atoms with Crippen molar-refractivity contribution in [2.75, 3.05) is 0 Å². The molecule has 114 valence electrons. The smallest absolute Gasteiger partial charge is 0.171 e. The standard InChI is InChI=1S/C17H18N2O2S/c1-17(2,3)10-8-13(20)14(21)9-15(10)22-16-18-11-6-4-5-7-12(11)19-16/h4-9,20-21H,1-3H3,(H,18,19).